The summed E-state index contributed by atoms with van der Waals surface area (Å²) in [6.45, 7) is 0.519. The monoisotopic (exact) mass is 402 g/mol. The number of imidazole rings is 1. The summed E-state index contributed by atoms with van der Waals surface area (Å²) in [5, 5.41) is 8.58. The number of rotatable bonds is 4. The molecule has 0 aliphatic carbocycles. The molecule has 0 unspecified atom stereocenters. The summed E-state index contributed by atoms with van der Waals surface area (Å²) >= 11 is 12.3. The fourth-order valence-corrected chi connectivity index (χ4v) is 3.07. The molecular weight excluding hydrogens is 390 g/mol. The van der Waals surface area contributed by atoms with Crippen LogP contribution >= 0.6 is 23.2 Å². The molecule has 3 heterocycles. The van der Waals surface area contributed by atoms with Gasteiger partial charge in [-0.2, -0.15) is 4.39 Å². The van der Waals surface area contributed by atoms with Gasteiger partial charge in [-0.1, -0.05) is 40.5 Å². The van der Waals surface area contributed by atoms with E-state index in [1.54, 1.807) is 30.7 Å². The van der Waals surface area contributed by atoms with Gasteiger partial charge in [0.2, 0.25) is 5.95 Å². The number of nitrogens with zero attached hydrogens (tertiary/aromatic N) is 6. The Hall–Kier alpha value is -2.77. The largest absolute Gasteiger partial charge is 0.332 e. The van der Waals surface area contributed by atoms with Gasteiger partial charge in [0.15, 0.2) is 0 Å². The number of halogens is 3. The quantitative estimate of drug-likeness (QED) is 0.512. The summed E-state index contributed by atoms with van der Waals surface area (Å²) in [5.74, 6) is -0.506. The van der Waals surface area contributed by atoms with Crippen LogP contribution in [-0.4, -0.2) is 29.5 Å². The van der Waals surface area contributed by atoms with E-state index in [4.69, 9.17) is 23.2 Å². The average Bonchev–Trinajstić information content (AvgIpc) is 3.27. The van der Waals surface area contributed by atoms with E-state index in [2.05, 4.69) is 20.3 Å². The van der Waals surface area contributed by atoms with Crippen molar-refractivity contribution in [3.05, 3.63) is 70.6 Å². The molecule has 3 aromatic heterocycles. The molecule has 0 aliphatic rings. The van der Waals surface area contributed by atoms with Gasteiger partial charge >= 0.3 is 0 Å². The highest BCUT2D eigenvalue weighted by Crippen LogP contribution is 2.27. The number of aryl methyl sites for hydroxylation is 1. The predicted octanol–water partition coefficient (Wildman–Crippen LogP) is 4.23. The standard InChI is InChI=1S/C18H13Cl2FN6/c1-26-18(21)17(24-25-26)11-5-6-22-14(7-11)15-9-27(10-23-15)8-12-3-2-4-13(19)16(12)20/h2-7,9-10H,8H2,1H3. The van der Waals surface area contributed by atoms with E-state index < -0.39 is 5.95 Å². The highest BCUT2D eigenvalue weighted by molar-refractivity contribution is 6.42. The third-order valence-electron chi connectivity index (χ3n) is 4.07. The molecule has 0 atom stereocenters. The van der Waals surface area contributed by atoms with Gasteiger partial charge in [-0.15, -0.1) is 5.10 Å². The van der Waals surface area contributed by atoms with E-state index in [9.17, 15) is 4.39 Å². The number of pyridine rings is 1. The van der Waals surface area contributed by atoms with E-state index in [0.717, 1.165) is 10.2 Å². The molecule has 4 aromatic rings. The summed E-state index contributed by atoms with van der Waals surface area (Å²) in [7, 11) is 1.50. The molecule has 9 heteroatoms. The van der Waals surface area contributed by atoms with Crippen molar-refractivity contribution in [2.75, 3.05) is 0 Å². The van der Waals surface area contributed by atoms with Gasteiger partial charge in [-0.3, -0.25) is 4.98 Å². The molecule has 0 bridgehead atoms. The summed E-state index contributed by atoms with van der Waals surface area (Å²) in [5.41, 5.74) is 2.90. The van der Waals surface area contributed by atoms with Crippen LogP contribution in [-0.2, 0) is 13.6 Å². The molecular formula is C18H13Cl2FN6. The lowest BCUT2D eigenvalue weighted by molar-refractivity contribution is 0.502. The molecule has 136 valence electrons. The van der Waals surface area contributed by atoms with Crippen molar-refractivity contribution in [1.29, 1.82) is 0 Å². The van der Waals surface area contributed by atoms with Gasteiger partial charge in [0, 0.05) is 25.0 Å². The minimum absolute atomic E-state index is 0.172. The van der Waals surface area contributed by atoms with Crippen LogP contribution < -0.4 is 0 Å². The Balaban J connectivity index is 1.63. The Morgan fingerprint density at radius 2 is 1.96 bits per heavy atom. The third kappa shape index (κ3) is 3.43. The number of benzene rings is 1. The van der Waals surface area contributed by atoms with Crippen LogP contribution in [0.1, 0.15) is 5.56 Å². The lowest BCUT2D eigenvalue weighted by atomic mass is 10.1. The Kier molecular flexibility index (Phi) is 4.63. The van der Waals surface area contributed by atoms with Crippen molar-refractivity contribution in [3.63, 3.8) is 0 Å². The highest BCUT2D eigenvalue weighted by Gasteiger charge is 2.14. The van der Waals surface area contributed by atoms with Crippen molar-refractivity contribution in [2.24, 2.45) is 7.05 Å². The van der Waals surface area contributed by atoms with Crippen LogP contribution in [0.15, 0.2) is 49.1 Å². The van der Waals surface area contributed by atoms with Crippen molar-refractivity contribution in [2.45, 2.75) is 6.54 Å². The summed E-state index contributed by atoms with van der Waals surface area (Å²) in [6.07, 6.45) is 5.12. The van der Waals surface area contributed by atoms with Crippen molar-refractivity contribution in [1.82, 2.24) is 29.5 Å². The van der Waals surface area contributed by atoms with Crippen LogP contribution in [0.4, 0.5) is 4.39 Å². The van der Waals surface area contributed by atoms with Gasteiger partial charge in [-0.25, -0.2) is 9.67 Å². The van der Waals surface area contributed by atoms with Crippen molar-refractivity contribution < 1.29 is 4.39 Å². The second-order valence-electron chi connectivity index (χ2n) is 5.93. The van der Waals surface area contributed by atoms with Gasteiger partial charge < -0.3 is 4.57 Å². The Morgan fingerprint density at radius 1 is 1.11 bits per heavy atom. The van der Waals surface area contributed by atoms with Crippen molar-refractivity contribution in [3.8, 4) is 22.6 Å². The lowest BCUT2D eigenvalue weighted by Gasteiger charge is -2.06. The molecule has 0 amide bonds. The first kappa shape index (κ1) is 17.6. The van der Waals surface area contributed by atoms with E-state index in [1.807, 2.05) is 22.9 Å². The average molecular weight is 403 g/mol. The van der Waals surface area contributed by atoms with E-state index >= 15 is 0 Å². The lowest BCUT2D eigenvalue weighted by Crippen LogP contribution is -1.97. The Labute approximate surface area is 164 Å². The summed E-state index contributed by atoms with van der Waals surface area (Å²) in [6, 6.07) is 8.91. The molecule has 0 N–H and O–H groups in total. The van der Waals surface area contributed by atoms with E-state index in [-0.39, 0.29) is 5.69 Å². The van der Waals surface area contributed by atoms with Crippen LogP contribution in [0, 0.1) is 5.95 Å². The van der Waals surface area contributed by atoms with Crippen LogP contribution in [0.5, 0.6) is 0 Å². The first-order chi connectivity index (χ1) is 13.0. The highest BCUT2D eigenvalue weighted by atomic mass is 35.5. The molecule has 6 nitrogen and oxygen atoms in total. The summed E-state index contributed by atoms with van der Waals surface area (Å²) < 4.78 is 17.0. The smallest absolute Gasteiger partial charge is 0.239 e. The maximum Gasteiger partial charge on any atom is 0.239 e. The Morgan fingerprint density at radius 3 is 2.74 bits per heavy atom. The zero-order valence-corrected chi connectivity index (χ0v) is 15.7. The maximum absolute atomic E-state index is 14.1. The molecule has 4 rings (SSSR count). The third-order valence-corrected chi connectivity index (χ3v) is 4.93. The molecule has 0 aliphatic heterocycles. The molecule has 27 heavy (non-hydrogen) atoms. The summed E-state index contributed by atoms with van der Waals surface area (Å²) in [4.78, 5) is 8.71. The number of hydrogen-bond donors (Lipinski definition) is 0. The molecule has 0 radical (unpaired) electrons. The maximum atomic E-state index is 14.1. The van der Waals surface area contributed by atoms with Gasteiger partial charge in [0.1, 0.15) is 11.4 Å². The van der Waals surface area contributed by atoms with E-state index in [1.165, 1.54) is 7.05 Å². The van der Waals surface area contributed by atoms with Gasteiger partial charge in [0.05, 0.1) is 28.6 Å². The second-order valence-corrected chi connectivity index (χ2v) is 6.71. The van der Waals surface area contributed by atoms with Crippen LogP contribution in [0.25, 0.3) is 22.6 Å². The minimum Gasteiger partial charge on any atom is -0.332 e. The Bertz CT molecular complexity index is 1120. The molecule has 0 saturated carbocycles. The molecule has 0 saturated heterocycles. The van der Waals surface area contributed by atoms with Crippen LogP contribution in [0.2, 0.25) is 10.0 Å². The molecule has 0 fully saturated rings. The number of hydrogen-bond acceptors (Lipinski definition) is 4. The fourth-order valence-electron chi connectivity index (χ4n) is 2.69. The zero-order valence-electron chi connectivity index (χ0n) is 14.1. The first-order valence-corrected chi connectivity index (χ1v) is 8.75. The molecule has 0 spiro atoms. The predicted molar refractivity (Wildman–Crippen MR) is 101 cm³/mol. The SMILES string of the molecule is Cn1nnc(-c2ccnc(-c3cn(Cc4cccc(Cl)c4Cl)cn3)c2)c1F. The molecule has 1 aromatic carbocycles. The van der Waals surface area contributed by atoms with Crippen molar-refractivity contribution >= 4 is 23.2 Å². The van der Waals surface area contributed by atoms with Gasteiger partial charge in [0.25, 0.3) is 0 Å². The second kappa shape index (κ2) is 7.09. The first-order valence-electron chi connectivity index (χ1n) is 7.99. The fraction of sp³-hybridized carbons (Fsp3) is 0.111. The van der Waals surface area contributed by atoms with Gasteiger partial charge in [-0.05, 0) is 23.8 Å². The zero-order chi connectivity index (χ0) is 19.0. The topological polar surface area (TPSA) is 61.4 Å². The number of aromatic nitrogens is 6. The normalized spacial score (nSPS) is 11.1. The van der Waals surface area contributed by atoms with E-state index in [0.29, 0.717) is 33.5 Å². The minimum atomic E-state index is -0.506. The van der Waals surface area contributed by atoms with Crippen LogP contribution in [0.3, 0.4) is 0 Å².